The number of likely N-dealkylation sites (tertiary alicyclic amines) is 1. The molecule has 1 aliphatic heterocycles. The average Bonchev–Trinajstić information content (AvgIpc) is 2.86. The molecule has 2 N–H and O–H groups in total. The molecule has 0 spiro atoms. The first kappa shape index (κ1) is 12.6. The van der Waals surface area contributed by atoms with E-state index < -0.39 is 0 Å². The van der Waals surface area contributed by atoms with E-state index in [0.29, 0.717) is 6.54 Å². The highest BCUT2D eigenvalue weighted by molar-refractivity contribution is 5.92. The molecule has 1 saturated heterocycles. The van der Waals surface area contributed by atoms with Gasteiger partial charge in [0.15, 0.2) is 0 Å². The molecule has 0 saturated carbocycles. The van der Waals surface area contributed by atoms with Gasteiger partial charge in [-0.25, -0.2) is 0 Å². The number of amides is 1. The number of nitrogens with zero attached hydrogens (tertiary/aromatic N) is 1. The summed E-state index contributed by atoms with van der Waals surface area (Å²) in [5.41, 5.74) is 0.862. The number of phenols is 1. The van der Waals surface area contributed by atoms with Gasteiger partial charge in [-0.15, -0.1) is 0 Å². The van der Waals surface area contributed by atoms with Crippen molar-refractivity contribution in [2.45, 2.75) is 18.9 Å². The topological polar surface area (TPSA) is 60.8 Å². The van der Waals surface area contributed by atoms with Crippen molar-refractivity contribution in [2.24, 2.45) is 0 Å². The third kappa shape index (κ3) is 2.90. The summed E-state index contributed by atoms with van der Waals surface area (Å²) in [5, 5.41) is 18.3. The average molecular weight is 247 g/mol. The van der Waals surface area contributed by atoms with Crippen LogP contribution in [0, 0.1) is 0 Å². The number of carbonyl (C=O) groups is 1. The van der Waals surface area contributed by atoms with Crippen LogP contribution in [0.25, 0.3) is 6.08 Å². The van der Waals surface area contributed by atoms with E-state index in [1.54, 1.807) is 35.2 Å². The van der Waals surface area contributed by atoms with Gasteiger partial charge in [0, 0.05) is 12.6 Å². The molecule has 1 aliphatic rings. The zero-order valence-electron chi connectivity index (χ0n) is 10.1. The maximum absolute atomic E-state index is 11.9. The highest BCUT2D eigenvalue weighted by Crippen LogP contribution is 2.17. The number of aliphatic hydroxyl groups is 1. The van der Waals surface area contributed by atoms with Crippen molar-refractivity contribution in [1.82, 2.24) is 4.90 Å². The lowest BCUT2D eigenvalue weighted by atomic mass is 10.2. The van der Waals surface area contributed by atoms with Gasteiger partial charge in [0.2, 0.25) is 5.91 Å². The smallest absolute Gasteiger partial charge is 0.246 e. The van der Waals surface area contributed by atoms with Crippen molar-refractivity contribution in [1.29, 1.82) is 0 Å². The molecule has 1 atom stereocenters. The highest BCUT2D eigenvalue weighted by Gasteiger charge is 2.26. The van der Waals surface area contributed by atoms with Gasteiger partial charge in [0.05, 0.1) is 12.6 Å². The fraction of sp³-hybridized carbons (Fsp3) is 0.357. The van der Waals surface area contributed by atoms with E-state index in [4.69, 9.17) is 10.2 Å². The maximum atomic E-state index is 11.9. The van der Waals surface area contributed by atoms with Gasteiger partial charge in [-0.05, 0) is 36.6 Å². The summed E-state index contributed by atoms with van der Waals surface area (Å²) in [6.07, 6.45) is 5.05. The number of hydrogen-bond acceptors (Lipinski definition) is 3. The molecule has 0 aromatic heterocycles. The van der Waals surface area contributed by atoms with E-state index in [9.17, 15) is 4.79 Å². The summed E-state index contributed by atoms with van der Waals surface area (Å²) < 4.78 is 0. The molecule has 0 aliphatic carbocycles. The first-order valence-electron chi connectivity index (χ1n) is 6.09. The van der Waals surface area contributed by atoms with Gasteiger partial charge in [0.1, 0.15) is 5.75 Å². The van der Waals surface area contributed by atoms with E-state index in [1.165, 1.54) is 6.08 Å². The molecule has 1 aromatic carbocycles. The van der Waals surface area contributed by atoms with Crippen molar-refractivity contribution < 1.29 is 15.0 Å². The summed E-state index contributed by atoms with van der Waals surface area (Å²) in [4.78, 5) is 13.6. The summed E-state index contributed by atoms with van der Waals surface area (Å²) >= 11 is 0. The molecule has 1 heterocycles. The van der Waals surface area contributed by atoms with Gasteiger partial charge in [-0.1, -0.05) is 12.1 Å². The van der Waals surface area contributed by atoms with Crippen molar-refractivity contribution >= 4 is 12.0 Å². The summed E-state index contributed by atoms with van der Waals surface area (Å²) in [7, 11) is 0. The molecule has 0 radical (unpaired) electrons. The van der Waals surface area contributed by atoms with Crippen molar-refractivity contribution in [3.05, 3.63) is 35.9 Å². The van der Waals surface area contributed by atoms with E-state index in [1.807, 2.05) is 0 Å². The normalized spacial score (nSPS) is 19.6. The Morgan fingerprint density at radius 1 is 1.39 bits per heavy atom. The standard InChI is InChI=1S/C14H17NO3/c16-10-12-2-1-9-15(12)14(18)8-5-11-3-6-13(17)7-4-11/h3-8,12,16-17H,1-2,9-10H2. The second kappa shape index (κ2) is 5.69. The zero-order chi connectivity index (χ0) is 13.0. The van der Waals surface area contributed by atoms with Gasteiger partial charge in [-0.3, -0.25) is 4.79 Å². The molecular formula is C14H17NO3. The number of phenolic OH excluding ortho intramolecular Hbond substituents is 1. The number of carbonyl (C=O) groups excluding carboxylic acids is 1. The minimum absolute atomic E-state index is 0.0266. The Hall–Kier alpha value is -1.81. The Balaban J connectivity index is 2.00. The summed E-state index contributed by atoms with van der Waals surface area (Å²) in [6.45, 7) is 0.739. The number of hydrogen-bond donors (Lipinski definition) is 2. The number of rotatable bonds is 3. The lowest BCUT2D eigenvalue weighted by Crippen LogP contribution is -2.36. The molecule has 4 heteroatoms. The second-order valence-electron chi connectivity index (χ2n) is 4.44. The second-order valence-corrected chi connectivity index (χ2v) is 4.44. The molecule has 4 nitrogen and oxygen atoms in total. The van der Waals surface area contributed by atoms with Gasteiger partial charge in [0.25, 0.3) is 0 Å². The Morgan fingerprint density at radius 2 is 2.11 bits per heavy atom. The predicted octanol–water partition coefficient (Wildman–Crippen LogP) is 1.39. The Morgan fingerprint density at radius 3 is 2.78 bits per heavy atom. The molecule has 18 heavy (non-hydrogen) atoms. The zero-order valence-corrected chi connectivity index (χ0v) is 10.1. The minimum Gasteiger partial charge on any atom is -0.508 e. The van der Waals surface area contributed by atoms with Gasteiger partial charge < -0.3 is 15.1 Å². The highest BCUT2D eigenvalue weighted by atomic mass is 16.3. The third-order valence-corrected chi connectivity index (χ3v) is 3.18. The van der Waals surface area contributed by atoms with E-state index >= 15 is 0 Å². The molecule has 0 bridgehead atoms. The first-order chi connectivity index (χ1) is 8.70. The lowest BCUT2D eigenvalue weighted by molar-refractivity contribution is -0.127. The van der Waals surface area contributed by atoms with Crippen molar-refractivity contribution in [2.75, 3.05) is 13.2 Å². The van der Waals surface area contributed by atoms with Crippen LogP contribution in [0.15, 0.2) is 30.3 Å². The number of benzene rings is 1. The monoisotopic (exact) mass is 247 g/mol. The van der Waals surface area contributed by atoms with Crippen LogP contribution in [-0.2, 0) is 4.79 Å². The number of aromatic hydroxyl groups is 1. The van der Waals surface area contributed by atoms with Crippen LogP contribution in [0.3, 0.4) is 0 Å². The molecule has 1 fully saturated rings. The fourth-order valence-electron chi connectivity index (χ4n) is 2.16. The maximum Gasteiger partial charge on any atom is 0.246 e. The quantitative estimate of drug-likeness (QED) is 0.793. The van der Waals surface area contributed by atoms with Gasteiger partial charge >= 0.3 is 0 Å². The number of aliphatic hydroxyl groups excluding tert-OH is 1. The predicted molar refractivity (Wildman–Crippen MR) is 69.0 cm³/mol. The molecular weight excluding hydrogens is 230 g/mol. The van der Waals surface area contributed by atoms with Crippen molar-refractivity contribution in [3.63, 3.8) is 0 Å². The Kier molecular flexibility index (Phi) is 3.99. The third-order valence-electron chi connectivity index (χ3n) is 3.18. The molecule has 96 valence electrons. The largest absolute Gasteiger partial charge is 0.508 e. The SMILES string of the molecule is O=C(C=Cc1ccc(O)cc1)N1CCCC1CO. The minimum atomic E-state index is -0.0698. The fourth-order valence-corrected chi connectivity index (χ4v) is 2.16. The van der Waals surface area contributed by atoms with Crippen LogP contribution in [0.5, 0.6) is 5.75 Å². The van der Waals surface area contributed by atoms with Crippen LogP contribution >= 0.6 is 0 Å². The first-order valence-corrected chi connectivity index (χ1v) is 6.09. The lowest BCUT2D eigenvalue weighted by Gasteiger charge is -2.21. The Bertz CT molecular complexity index is 439. The van der Waals surface area contributed by atoms with Crippen LogP contribution in [0.2, 0.25) is 0 Å². The molecule has 1 amide bonds. The van der Waals surface area contributed by atoms with E-state index in [-0.39, 0.29) is 24.3 Å². The molecule has 1 unspecified atom stereocenters. The van der Waals surface area contributed by atoms with Gasteiger partial charge in [-0.2, -0.15) is 0 Å². The van der Waals surface area contributed by atoms with Crippen LogP contribution < -0.4 is 0 Å². The van der Waals surface area contributed by atoms with Crippen LogP contribution in [-0.4, -0.2) is 40.2 Å². The summed E-state index contributed by atoms with van der Waals surface area (Å²) in [6, 6.07) is 6.61. The summed E-state index contributed by atoms with van der Waals surface area (Å²) in [5.74, 6) is 0.137. The Labute approximate surface area is 106 Å². The van der Waals surface area contributed by atoms with Crippen LogP contribution in [0.1, 0.15) is 18.4 Å². The van der Waals surface area contributed by atoms with E-state index in [0.717, 1.165) is 18.4 Å². The van der Waals surface area contributed by atoms with Crippen molar-refractivity contribution in [3.8, 4) is 5.75 Å². The van der Waals surface area contributed by atoms with E-state index in [2.05, 4.69) is 0 Å². The molecule has 2 rings (SSSR count). The molecule has 1 aromatic rings. The van der Waals surface area contributed by atoms with Crippen LogP contribution in [0.4, 0.5) is 0 Å².